The lowest BCUT2D eigenvalue weighted by Crippen LogP contribution is -2.49. The van der Waals surface area contributed by atoms with E-state index in [2.05, 4.69) is 81.5 Å². The summed E-state index contributed by atoms with van der Waals surface area (Å²) in [7, 11) is -5.60. The van der Waals surface area contributed by atoms with E-state index < -0.39 is 28.9 Å². The van der Waals surface area contributed by atoms with Gasteiger partial charge in [-0.2, -0.15) is 21.6 Å². The Bertz CT molecular complexity index is 724. The maximum Gasteiger partial charge on any atom is 0.523 e. The molecule has 7 nitrogen and oxygen atoms in total. The Morgan fingerprint density at radius 2 is 1.38 bits per heavy atom. The van der Waals surface area contributed by atoms with E-state index in [-0.39, 0.29) is 14.1 Å². The molecule has 37 heavy (non-hydrogen) atoms. The molecule has 0 amide bonds. The maximum absolute atomic E-state index is 12.4. The largest absolute Gasteiger partial charge is 0.523 e. The molecule has 0 saturated heterocycles. The van der Waals surface area contributed by atoms with Crippen molar-refractivity contribution in [3.05, 3.63) is 0 Å². The van der Waals surface area contributed by atoms with Crippen molar-refractivity contribution < 1.29 is 39.0 Å². The lowest BCUT2D eigenvalue weighted by molar-refractivity contribution is -0.924. The van der Waals surface area contributed by atoms with E-state index in [1.807, 2.05) is 0 Å². The molecule has 0 aromatic carbocycles. The van der Waals surface area contributed by atoms with Crippen LogP contribution in [0.3, 0.4) is 0 Å². The van der Waals surface area contributed by atoms with Gasteiger partial charge in [-0.25, -0.2) is 18.8 Å². The van der Waals surface area contributed by atoms with Gasteiger partial charge < -0.3 is 9.38 Å². The van der Waals surface area contributed by atoms with Crippen molar-refractivity contribution >= 4 is 44.9 Å². The Kier molecular flexibility index (Phi) is 31.1. The SMILES string of the molecule is C.CCN(CC)CCCN=C=S.CC[N+](CC)(CCF)CCCN=C=S.O=S(=O)(OCCF)C(F)(F)F. The number of nitrogens with zero attached hydrogens (tertiary/aromatic N) is 4. The molecule has 0 atom stereocenters. The van der Waals surface area contributed by atoms with Gasteiger partial charge in [0.05, 0.1) is 49.7 Å². The lowest BCUT2D eigenvalue weighted by Gasteiger charge is -2.35. The molecule has 15 heteroatoms. The van der Waals surface area contributed by atoms with Crippen molar-refractivity contribution in [2.24, 2.45) is 9.98 Å². The van der Waals surface area contributed by atoms with Crippen LogP contribution in [0.1, 0.15) is 48.0 Å². The summed E-state index contributed by atoms with van der Waals surface area (Å²) in [6, 6.07) is 0. The topological polar surface area (TPSA) is 71.3 Å². The van der Waals surface area contributed by atoms with Crippen molar-refractivity contribution in [2.75, 3.05) is 78.9 Å². The van der Waals surface area contributed by atoms with Crippen LogP contribution in [0, 0.1) is 0 Å². The summed E-state index contributed by atoms with van der Waals surface area (Å²) in [6.07, 6.45) is 2.05. The summed E-state index contributed by atoms with van der Waals surface area (Å²) in [5.41, 5.74) is -5.47. The molecule has 0 aromatic rings. The van der Waals surface area contributed by atoms with Crippen LogP contribution in [0.2, 0.25) is 0 Å². The summed E-state index contributed by atoms with van der Waals surface area (Å²) < 4.78 is 81.3. The van der Waals surface area contributed by atoms with Gasteiger partial charge in [-0.15, -0.1) is 0 Å². The van der Waals surface area contributed by atoms with Crippen LogP contribution in [0.4, 0.5) is 22.0 Å². The third-order valence-corrected chi connectivity index (χ3v) is 6.47. The second kappa shape index (κ2) is 26.7. The molecule has 0 aliphatic heterocycles. The minimum atomic E-state index is -5.60. The van der Waals surface area contributed by atoms with Gasteiger partial charge in [0.25, 0.3) is 0 Å². The van der Waals surface area contributed by atoms with Crippen LogP contribution in [0.15, 0.2) is 9.98 Å². The van der Waals surface area contributed by atoms with Gasteiger partial charge in [-0.3, -0.25) is 4.18 Å². The average molecular weight is 604 g/mol. The highest BCUT2D eigenvalue weighted by atomic mass is 32.2. The van der Waals surface area contributed by atoms with E-state index in [4.69, 9.17) is 0 Å². The number of hydrogen-bond donors (Lipinski definition) is 0. The third-order valence-electron chi connectivity index (χ3n) is 5.17. The quantitative estimate of drug-likeness (QED) is 0.0411. The predicted molar refractivity (Wildman–Crippen MR) is 147 cm³/mol. The average Bonchev–Trinajstić information content (AvgIpc) is 2.85. The second-order valence-corrected chi connectivity index (χ2v) is 9.17. The molecule has 0 aliphatic rings. The molecule has 0 saturated carbocycles. The highest BCUT2D eigenvalue weighted by molar-refractivity contribution is 7.87. The molecule has 0 radical (unpaired) electrons. The van der Waals surface area contributed by atoms with Gasteiger partial charge in [0.2, 0.25) is 0 Å². The summed E-state index contributed by atoms with van der Waals surface area (Å²) in [5, 5.41) is 4.72. The summed E-state index contributed by atoms with van der Waals surface area (Å²) >= 11 is 8.94. The second-order valence-electron chi connectivity index (χ2n) is 7.20. The Morgan fingerprint density at radius 3 is 1.73 bits per heavy atom. The molecule has 0 heterocycles. The number of quaternary nitrogens is 1. The number of thiocarbonyl (C=S) groups is 2. The first kappa shape index (κ1) is 43.1. The first-order valence-corrected chi connectivity index (χ1v) is 13.8. The molecular weight excluding hydrogens is 559 g/mol. The van der Waals surface area contributed by atoms with E-state index >= 15 is 0 Å². The van der Waals surface area contributed by atoms with Crippen LogP contribution in [-0.2, 0) is 14.3 Å². The molecule has 0 unspecified atom stereocenters. The third kappa shape index (κ3) is 23.9. The van der Waals surface area contributed by atoms with Crippen LogP contribution < -0.4 is 0 Å². The first-order chi connectivity index (χ1) is 16.9. The Morgan fingerprint density at radius 1 is 0.892 bits per heavy atom. The molecule has 0 aromatic heterocycles. The van der Waals surface area contributed by atoms with Gasteiger partial charge in [0.1, 0.15) is 19.9 Å². The Hall–Kier alpha value is -0.920. The molecule has 0 fully saturated rings. The van der Waals surface area contributed by atoms with Crippen LogP contribution in [-0.4, -0.2) is 112 Å². The molecule has 0 bridgehead atoms. The predicted octanol–water partition coefficient (Wildman–Crippen LogP) is 5.58. The van der Waals surface area contributed by atoms with Crippen LogP contribution >= 0.6 is 24.4 Å². The highest BCUT2D eigenvalue weighted by Gasteiger charge is 2.47. The van der Waals surface area contributed by atoms with E-state index in [1.165, 1.54) is 0 Å². The summed E-state index contributed by atoms with van der Waals surface area (Å²) in [6.45, 7) is 14.4. The van der Waals surface area contributed by atoms with Gasteiger partial charge >= 0.3 is 15.6 Å². The smallest absolute Gasteiger partial charge is 0.322 e. The zero-order chi connectivity index (χ0) is 28.5. The van der Waals surface area contributed by atoms with E-state index in [0.717, 1.165) is 69.7 Å². The van der Waals surface area contributed by atoms with Gasteiger partial charge in [0.15, 0.2) is 0 Å². The number of aliphatic imine (C=N–C) groups is 2. The number of alkyl halides is 5. The number of hydrogen-bond acceptors (Lipinski definition) is 8. The Labute approximate surface area is 230 Å². The van der Waals surface area contributed by atoms with Crippen molar-refractivity contribution in [1.29, 1.82) is 0 Å². The van der Waals surface area contributed by atoms with Crippen molar-refractivity contribution in [3.8, 4) is 0 Å². The first-order valence-electron chi connectivity index (χ1n) is 11.6. The molecule has 222 valence electrons. The molecular formula is C22H44F5N4O3S3+. The van der Waals surface area contributed by atoms with Gasteiger partial charge in [0, 0.05) is 6.42 Å². The fourth-order valence-corrected chi connectivity index (χ4v) is 3.44. The molecule has 0 aliphatic carbocycles. The van der Waals surface area contributed by atoms with Crippen LogP contribution in [0.25, 0.3) is 0 Å². The zero-order valence-electron chi connectivity index (χ0n) is 21.5. The minimum Gasteiger partial charge on any atom is -0.322 e. The van der Waals surface area contributed by atoms with Gasteiger partial charge in [-0.1, -0.05) is 21.3 Å². The van der Waals surface area contributed by atoms with Crippen molar-refractivity contribution in [3.63, 3.8) is 0 Å². The molecule has 0 rings (SSSR count). The number of rotatable bonds is 17. The van der Waals surface area contributed by atoms with E-state index in [9.17, 15) is 30.4 Å². The lowest BCUT2D eigenvalue weighted by atomic mass is 10.3. The van der Waals surface area contributed by atoms with Crippen LogP contribution in [0.5, 0.6) is 0 Å². The number of halogens is 5. The minimum absolute atomic E-state index is 0. The molecule has 0 spiro atoms. The maximum atomic E-state index is 12.4. The monoisotopic (exact) mass is 603 g/mol. The standard InChI is InChI=1S/C10H20FN2S.C8H16N2S.C3H4F4O3S.CH4/c1-3-13(4-2,9-6-11)8-5-7-12-10-14;1-3-10(4-2)7-5-6-9-8-11;4-1-2-10-11(8,9)3(5,6)7;/h3-9H2,1-2H3;3-7H2,1-2H3;1-2H2;1H4/q+1;;;. The van der Waals surface area contributed by atoms with E-state index in [0.29, 0.717) is 6.54 Å². The van der Waals surface area contributed by atoms with Crippen molar-refractivity contribution in [1.82, 2.24) is 4.90 Å². The normalized spacial score (nSPS) is 11.1. The number of isothiocyanates is 2. The molecule has 0 N–H and O–H groups in total. The highest BCUT2D eigenvalue weighted by Crippen LogP contribution is 2.24. The zero-order valence-corrected chi connectivity index (χ0v) is 24.0. The fraction of sp³-hybridized carbons (Fsp3) is 0.909. The summed E-state index contributed by atoms with van der Waals surface area (Å²) in [4.78, 5) is 10.1. The fourth-order valence-electron chi connectivity index (χ4n) is 2.84. The van der Waals surface area contributed by atoms with Crippen molar-refractivity contribution in [2.45, 2.75) is 53.5 Å². The Balaban J connectivity index is -0.000000220. The summed E-state index contributed by atoms with van der Waals surface area (Å²) in [5.74, 6) is 0. The van der Waals surface area contributed by atoms with E-state index in [1.54, 1.807) is 0 Å². The van der Waals surface area contributed by atoms with Gasteiger partial charge in [-0.05, 0) is 64.3 Å².